The van der Waals surface area contributed by atoms with Gasteiger partial charge in [-0.15, -0.1) is 0 Å². The lowest BCUT2D eigenvalue weighted by Crippen LogP contribution is -2.43. The first-order valence-corrected chi connectivity index (χ1v) is 8.99. The highest BCUT2D eigenvalue weighted by Gasteiger charge is 2.39. The molecule has 0 spiro atoms. The van der Waals surface area contributed by atoms with Gasteiger partial charge in [-0.25, -0.2) is 9.59 Å². The number of carboxylic acid groups (broad SMARTS) is 2. The molecule has 2 aliphatic rings. The first-order valence-electron chi connectivity index (χ1n) is 8.24. The molecule has 2 bridgehead atoms. The molecule has 26 heavy (non-hydrogen) atoms. The van der Waals surface area contributed by atoms with Crippen molar-refractivity contribution in [1.29, 1.82) is 0 Å². The molecule has 2 atom stereocenters. The molecule has 0 amide bonds. The lowest BCUT2D eigenvalue weighted by atomic mass is 10.0. The Morgan fingerprint density at radius 3 is 2.08 bits per heavy atom. The molecular formula is C18H21Cl2NO5. The highest BCUT2D eigenvalue weighted by atomic mass is 35.5. The summed E-state index contributed by atoms with van der Waals surface area (Å²) < 4.78 is 6.05. The summed E-state index contributed by atoms with van der Waals surface area (Å²) in [6, 6.07) is 6.88. The van der Waals surface area contributed by atoms with Crippen LogP contribution in [0, 0.1) is 0 Å². The van der Waals surface area contributed by atoms with Crippen molar-refractivity contribution in [2.24, 2.45) is 0 Å². The fraction of sp³-hybridized carbons (Fsp3) is 0.444. The summed E-state index contributed by atoms with van der Waals surface area (Å²) in [5.74, 6) is -1.68. The van der Waals surface area contributed by atoms with E-state index in [0.29, 0.717) is 40.4 Å². The fourth-order valence-electron chi connectivity index (χ4n) is 3.34. The predicted octanol–water partition coefficient (Wildman–Crippen LogP) is 3.71. The van der Waals surface area contributed by atoms with Crippen molar-refractivity contribution < 1.29 is 24.5 Å². The smallest absolute Gasteiger partial charge is 0.328 e. The number of hydrogen-bond acceptors (Lipinski definition) is 4. The molecule has 1 aromatic carbocycles. The highest BCUT2D eigenvalue weighted by Crippen LogP contribution is 2.36. The lowest BCUT2D eigenvalue weighted by Gasteiger charge is -2.36. The Bertz CT molecular complexity index is 664. The minimum atomic E-state index is -1.26. The van der Waals surface area contributed by atoms with E-state index in [1.54, 1.807) is 6.07 Å². The average molecular weight is 402 g/mol. The molecule has 8 heteroatoms. The summed E-state index contributed by atoms with van der Waals surface area (Å²) in [6.45, 7) is 0. The van der Waals surface area contributed by atoms with Gasteiger partial charge < -0.3 is 19.8 Å². The van der Waals surface area contributed by atoms with E-state index in [0.717, 1.165) is 18.6 Å². The van der Waals surface area contributed by atoms with Gasteiger partial charge in [-0.05, 0) is 44.9 Å². The summed E-state index contributed by atoms with van der Waals surface area (Å²) in [5, 5.41) is 16.8. The third kappa shape index (κ3) is 5.90. The van der Waals surface area contributed by atoms with Crippen LogP contribution in [0.5, 0.6) is 5.75 Å². The maximum atomic E-state index is 9.55. The van der Waals surface area contributed by atoms with E-state index in [2.05, 4.69) is 11.9 Å². The largest absolute Gasteiger partial charge is 0.490 e. The van der Waals surface area contributed by atoms with Gasteiger partial charge in [0.25, 0.3) is 0 Å². The molecule has 6 nitrogen and oxygen atoms in total. The molecule has 2 unspecified atom stereocenters. The number of benzene rings is 1. The van der Waals surface area contributed by atoms with Gasteiger partial charge in [0.05, 0.1) is 10.0 Å². The van der Waals surface area contributed by atoms with Crippen LogP contribution in [-0.2, 0) is 9.59 Å². The van der Waals surface area contributed by atoms with E-state index in [9.17, 15) is 9.59 Å². The summed E-state index contributed by atoms with van der Waals surface area (Å²) in [5.41, 5.74) is 0. The Kier molecular flexibility index (Phi) is 7.32. The molecule has 0 aromatic heterocycles. The van der Waals surface area contributed by atoms with Gasteiger partial charge in [-0.2, -0.15) is 0 Å². The quantitative estimate of drug-likeness (QED) is 0.747. The number of fused-ring (bicyclic) bond motifs is 2. The van der Waals surface area contributed by atoms with Crippen LogP contribution in [0.3, 0.4) is 0 Å². The molecule has 2 heterocycles. The first kappa shape index (κ1) is 20.6. The van der Waals surface area contributed by atoms with Gasteiger partial charge in [0.1, 0.15) is 11.9 Å². The number of halogens is 2. The number of aliphatic carboxylic acids is 2. The Hall–Kier alpha value is -1.76. The Labute approximate surface area is 162 Å². The van der Waals surface area contributed by atoms with Crippen molar-refractivity contribution in [3.05, 3.63) is 40.4 Å². The van der Waals surface area contributed by atoms with Crippen LogP contribution in [-0.4, -0.2) is 52.3 Å². The predicted molar refractivity (Wildman–Crippen MR) is 99.1 cm³/mol. The molecule has 2 fully saturated rings. The van der Waals surface area contributed by atoms with E-state index >= 15 is 0 Å². The van der Waals surface area contributed by atoms with Crippen molar-refractivity contribution >= 4 is 35.1 Å². The lowest BCUT2D eigenvalue weighted by molar-refractivity contribution is -0.134. The van der Waals surface area contributed by atoms with Crippen LogP contribution in [0.4, 0.5) is 0 Å². The van der Waals surface area contributed by atoms with Crippen LogP contribution in [0.2, 0.25) is 10.0 Å². The van der Waals surface area contributed by atoms with E-state index < -0.39 is 11.9 Å². The topological polar surface area (TPSA) is 87.1 Å². The molecule has 0 aliphatic carbocycles. The highest BCUT2D eigenvalue weighted by molar-refractivity contribution is 6.42. The summed E-state index contributed by atoms with van der Waals surface area (Å²) >= 11 is 11.9. The Morgan fingerprint density at radius 1 is 1.08 bits per heavy atom. The van der Waals surface area contributed by atoms with E-state index in [-0.39, 0.29) is 0 Å². The maximum absolute atomic E-state index is 9.55. The number of rotatable bonds is 4. The van der Waals surface area contributed by atoms with E-state index in [4.69, 9.17) is 38.2 Å². The number of carboxylic acids is 2. The molecule has 2 aliphatic heterocycles. The van der Waals surface area contributed by atoms with Crippen molar-refractivity contribution in [3.8, 4) is 5.75 Å². The molecule has 3 rings (SSSR count). The van der Waals surface area contributed by atoms with Gasteiger partial charge in [-0.1, -0.05) is 23.2 Å². The van der Waals surface area contributed by atoms with Gasteiger partial charge in [0, 0.05) is 30.3 Å². The van der Waals surface area contributed by atoms with E-state index in [1.165, 1.54) is 12.8 Å². The van der Waals surface area contributed by atoms with Crippen molar-refractivity contribution in [2.75, 3.05) is 7.05 Å². The van der Waals surface area contributed by atoms with Crippen LogP contribution in [0.1, 0.15) is 25.7 Å². The molecule has 2 N–H and O–H groups in total. The minimum absolute atomic E-state index is 0.316. The normalized spacial score (nSPS) is 24.8. The van der Waals surface area contributed by atoms with Crippen LogP contribution in [0.25, 0.3) is 0 Å². The SMILES string of the molecule is CN1C2CCC1CC(Oc1ccc(Cl)c(Cl)c1)C2.O=C(O)/C=C/C(=O)O. The summed E-state index contributed by atoms with van der Waals surface area (Å²) in [6.07, 6.45) is 6.28. The number of piperidine rings is 1. The van der Waals surface area contributed by atoms with Crippen molar-refractivity contribution in [3.63, 3.8) is 0 Å². The van der Waals surface area contributed by atoms with Gasteiger partial charge in [0.2, 0.25) is 0 Å². The van der Waals surface area contributed by atoms with Gasteiger partial charge >= 0.3 is 11.9 Å². The second-order valence-corrected chi connectivity index (χ2v) is 7.16. The standard InChI is InChI=1S/C14H17Cl2NO.C4H4O4/c1-17-9-2-3-10(17)7-12(6-9)18-11-4-5-13(15)14(16)8-11;5-3(6)1-2-4(7)8/h4-5,8-10,12H,2-3,6-7H2,1H3;1-2H,(H,5,6)(H,7,8)/b;2-1+. The van der Waals surface area contributed by atoms with Crippen LogP contribution < -0.4 is 4.74 Å². The summed E-state index contributed by atoms with van der Waals surface area (Å²) in [4.78, 5) is 21.6. The monoisotopic (exact) mass is 401 g/mol. The number of carbonyl (C=O) groups is 2. The Balaban J connectivity index is 0.000000260. The zero-order valence-corrected chi connectivity index (χ0v) is 15.8. The average Bonchev–Trinajstić information content (AvgIpc) is 2.79. The maximum Gasteiger partial charge on any atom is 0.328 e. The molecule has 2 saturated heterocycles. The van der Waals surface area contributed by atoms with Crippen LogP contribution in [0.15, 0.2) is 30.4 Å². The molecule has 0 saturated carbocycles. The minimum Gasteiger partial charge on any atom is -0.490 e. The molecule has 142 valence electrons. The van der Waals surface area contributed by atoms with Gasteiger partial charge in [0.15, 0.2) is 0 Å². The second-order valence-electron chi connectivity index (χ2n) is 6.35. The second kappa shape index (κ2) is 9.26. The molecule has 1 aromatic rings. The van der Waals surface area contributed by atoms with E-state index in [1.807, 2.05) is 12.1 Å². The zero-order chi connectivity index (χ0) is 19.3. The zero-order valence-electron chi connectivity index (χ0n) is 14.3. The fourth-order valence-corrected chi connectivity index (χ4v) is 3.63. The Morgan fingerprint density at radius 2 is 1.62 bits per heavy atom. The van der Waals surface area contributed by atoms with Crippen molar-refractivity contribution in [1.82, 2.24) is 4.90 Å². The third-order valence-corrected chi connectivity index (χ3v) is 5.36. The van der Waals surface area contributed by atoms with Crippen LogP contribution >= 0.6 is 23.2 Å². The van der Waals surface area contributed by atoms with Gasteiger partial charge in [-0.3, -0.25) is 0 Å². The van der Waals surface area contributed by atoms with Crippen molar-refractivity contribution in [2.45, 2.75) is 43.9 Å². The molecule has 0 radical (unpaired) electrons. The summed E-state index contributed by atoms with van der Waals surface area (Å²) in [7, 11) is 2.23. The first-order chi connectivity index (χ1) is 12.3. The molecular weight excluding hydrogens is 381 g/mol. The number of nitrogens with zero attached hydrogens (tertiary/aromatic N) is 1. The number of hydrogen-bond donors (Lipinski definition) is 2. The number of ether oxygens (including phenoxy) is 1. The third-order valence-electron chi connectivity index (χ3n) is 4.62.